The average Bonchev–Trinajstić information content (AvgIpc) is 2.50. The highest BCUT2D eigenvalue weighted by Gasteiger charge is 2.40. The third-order valence-electron chi connectivity index (χ3n) is 5.14. The zero-order valence-electron chi connectivity index (χ0n) is 15.1. The standard InChI is InChI=1S/C20H24O5/c1-5-15(21)20-16(22)7-13(8-17(20)23)19-11(3)6-10(2)14(12(19)4)9-18(24)25/h6,13,20H,5,7-9H2,1-4H3,(H,24,25). The van der Waals surface area contributed by atoms with Gasteiger partial charge in [-0.15, -0.1) is 0 Å². The largest absolute Gasteiger partial charge is 0.481 e. The summed E-state index contributed by atoms with van der Waals surface area (Å²) in [5.41, 5.74) is 4.31. The predicted octanol–water partition coefficient (Wildman–Crippen LogP) is 2.85. The lowest BCUT2D eigenvalue weighted by Gasteiger charge is -2.29. The lowest BCUT2D eigenvalue weighted by Crippen LogP contribution is -2.38. The van der Waals surface area contributed by atoms with Crippen molar-refractivity contribution in [2.24, 2.45) is 5.92 Å². The number of aryl methyl sites for hydroxylation is 2. The van der Waals surface area contributed by atoms with Crippen molar-refractivity contribution in [3.05, 3.63) is 33.9 Å². The summed E-state index contributed by atoms with van der Waals surface area (Å²) in [5.74, 6) is -3.23. The molecule has 1 aliphatic carbocycles. The molecule has 1 aromatic rings. The number of carboxylic acids is 1. The Balaban J connectivity index is 2.43. The second-order valence-corrected chi connectivity index (χ2v) is 6.89. The van der Waals surface area contributed by atoms with Crippen LogP contribution in [0.25, 0.3) is 0 Å². The van der Waals surface area contributed by atoms with Crippen molar-refractivity contribution in [2.45, 2.75) is 59.3 Å². The minimum absolute atomic E-state index is 0.0868. The molecule has 1 saturated carbocycles. The van der Waals surface area contributed by atoms with Gasteiger partial charge >= 0.3 is 5.97 Å². The normalized spacial score (nSPS) is 20.6. The second kappa shape index (κ2) is 7.30. The van der Waals surface area contributed by atoms with Crippen LogP contribution in [-0.2, 0) is 25.6 Å². The Kier molecular flexibility index (Phi) is 5.55. The molecule has 134 valence electrons. The summed E-state index contributed by atoms with van der Waals surface area (Å²) in [6, 6.07) is 1.92. The molecule has 1 fully saturated rings. The molecule has 0 spiro atoms. The van der Waals surface area contributed by atoms with E-state index >= 15 is 0 Å². The molecule has 1 aliphatic rings. The van der Waals surface area contributed by atoms with Gasteiger partial charge in [-0.05, 0) is 54.5 Å². The van der Waals surface area contributed by atoms with E-state index in [1.165, 1.54) is 0 Å². The van der Waals surface area contributed by atoms with Gasteiger partial charge in [-0.2, -0.15) is 0 Å². The first-order valence-electron chi connectivity index (χ1n) is 8.56. The fraction of sp³-hybridized carbons (Fsp3) is 0.500. The molecule has 5 heteroatoms. The van der Waals surface area contributed by atoms with Crippen molar-refractivity contribution in [3.63, 3.8) is 0 Å². The summed E-state index contributed by atoms with van der Waals surface area (Å²) in [6.45, 7) is 7.29. The van der Waals surface area contributed by atoms with Crippen molar-refractivity contribution in [2.75, 3.05) is 0 Å². The fourth-order valence-corrected chi connectivity index (χ4v) is 4.04. The Morgan fingerprint density at radius 2 is 1.64 bits per heavy atom. The molecule has 0 aliphatic heterocycles. The summed E-state index contributed by atoms with van der Waals surface area (Å²) in [4.78, 5) is 47.8. The van der Waals surface area contributed by atoms with Gasteiger partial charge < -0.3 is 5.11 Å². The van der Waals surface area contributed by atoms with Gasteiger partial charge in [-0.1, -0.05) is 13.0 Å². The Bertz CT molecular complexity index is 742. The molecule has 1 aromatic carbocycles. The van der Waals surface area contributed by atoms with Crippen LogP contribution >= 0.6 is 0 Å². The quantitative estimate of drug-likeness (QED) is 0.830. The number of rotatable bonds is 5. The summed E-state index contributed by atoms with van der Waals surface area (Å²) >= 11 is 0. The van der Waals surface area contributed by atoms with Crippen LogP contribution in [0.1, 0.15) is 59.9 Å². The van der Waals surface area contributed by atoms with Gasteiger partial charge in [-0.25, -0.2) is 0 Å². The smallest absolute Gasteiger partial charge is 0.307 e. The molecule has 25 heavy (non-hydrogen) atoms. The molecule has 0 bridgehead atoms. The van der Waals surface area contributed by atoms with E-state index in [1.807, 2.05) is 26.8 Å². The molecule has 0 amide bonds. The maximum Gasteiger partial charge on any atom is 0.307 e. The van der Waals surface area contributed by atoms with Gasteiger partial charge in [0.05, 0.1) is 6.42 Å². The molecule has 0 atom stereocenters. The molecule has 2 rings (SSSR count). The monoisotopic (exact) mass is 344 g/mol. The van der Waals surface area contributed by atoms with Gasteiger partial charge in [0.25, 0.3) is 0 Å². The van der Waals surface area contributed by atoms with Crippen molar-refractivity contribution in [3.8, 4) is 0 Å². The van der Waals surface area contributed by atoms with E-state index in [9.17, 15) is 19.2 Å². The minimum atomic E-state index is -1.11. The summed E-state index contributed by atoms with van der Waals surface area (Å²) < 4.78 is 0. The van der Waals surface area contributed by atoms with Crippen molar-refractivity contribution in [1.29, 1.82) is 0 Å². The molecule has 5 nitrogen and oxygen atoms in total. The van der Waals surface area contributed by atoms with Gasteiger partial charge in [0.15, 0.2) is 17.3 Å². The predicted molar refractivity (Wildman–Crippen MR) is 92.8 cm³/mol. The van der Waals surface area contributed by atoms with E-state index < -0.39 is 11.9 Å². The molecular weight excluding hydrogens is 320 g/mol. The third-order valence-corrected chi connectivity index (χ3v) is 5.14. The topological polar surface area (TPSA) is 88.5 Å². The first-order valence-corrected chi connectivity index (χ1v) is 8.56. The van der Waals surface area contributed by atoms with Crippen LogP contribution in [0.5, 0.6) is 0 Å². The maximum absolute atomic E-state index is 12.4. The van der Waals surface area contributed by atoms with Gasteiger partial charge in [0.2, 0.25) is 0 Å². The molecule has 0 unspecified atom stereocenters. The number of benzene rings is 1. The molecule has 0 radical (unpaired) electrons. The zero-order chi connectivity index (χ0) is 18.9. The lowest BCUT2D eigenvalue weighted by molar-refractivity contribution is -0.142. The van der Waals surface area contributed by atoms with E-state index in [4.69, 9.17) is 5.11 Å². The minimum Gasteiger partial charge on any atom is -0.481 e. The van der Waals surface area contributed by atoms with Crippen LogP contribution in [0.4, 0.5) is 0 Å². The maximum atomic E-state index is 12.4. The average molecular weight is 344 g/mol. The van der Waals surface area contributed by atoms with Crippen molar-refractivity contribution >= 4 is 23.3 Å². The summed E-state index contributed by atoms with van der Waals surface area (Å²) in [5, 5.41) is 9.15. The number of carbonyl (C=O) groups is 4. The highest BCUT2D eigenvalue weighted by atomic mass is 16.4. The van der Waals surface area contributed by atoms with Crippen LogP contribution in [0.3, 0.4) is 0 Å². The van der Waals surface area contributed by atoms with Gasteiger partial charge in [0.1, 0.15) is 5.92 Å². The second-order valence-electron chi connectivity index (χ2n) is 6.89. The number of hydrogen-bond acceptors (Lipinski definition) is 4. The Hall–Kier alpha value is -2.30. The van der Waals surface area contributed by atoms with E-state index in [0.29, 0.717) is 0 Å². The number of Topliss-reactive ketones (excluding diaryl/α,β-unsaturated/α-hetero) is 3. The number of ketones is 3. The summed E-state index contributed by atoms with van der Waals surface area (Å²) in [7, 11) is 0. The van der Waals surface area contributed by atoms with E-state index in [1.54, 1.807) is 6.92 Å². The number of carboxylic acid groups (broad SMARTS) is 1. The van der Waals surface area contributed by atoms with E-state index in [0.717, 1.165) is 27.8 Å². The van der Waals surface area contributed by atoms with Crippen molar-refractivity contribution in [1.82, 2.24) is 0 Å². The Morgan fingerprint density at radius 3 is 2.12 bits per heavy atom. The van der Waals surface area contributed by atoms with Gasteiger partial charge in [-0.3, -0.25) is 19.2 Å². The van der Waals surface area contributed by atoms with Crippen molar-refractivity contribution < 1.29 is 24.3 Å². The zero-order valence-corrected chi connectivity index (χ0v) is 15.1. The number of carbonyl (C=O) groups excluding carboxylic acids is 3. The summed E-state index contributed by atoms with van der Waals surface area (Å²) in [6.07, 6.45) is 0.396. The molecule has 0 heterocycles. The molecular formula is C20H24O5. The van der Waals surface area contributed by atoms with Crippen LogP contribution in [0.15, 0.2) is 6.07 Å². The highest BCUT2D eigenvalue weighted by molar-refractivity contribution is 6.20. The van der Waals surface area contributed by atoms with E-state index in [2.05, 4.69) is 0 Å². The first-order chi connectivity index (χ1) is 11.7. The van der Waals surface area contributed by atoms with Crippen LogP contribution in [0.2, 0.25) is 0 Å². The van der Waals surface area contributed by atoms with Crippen LogP contribution < -0.4 is 0 Å². The highest BCUT2D eigenvalue weighted by Crippen LogP contribution is 2.37. The third kappa shape index (κ3) is 3.70. The lowest BCUT2D eigenvalue weighted by atomic mass is 9.72. The Morgan fingerprint density at radius 1 is 1.08 bits per heavy atom. The molecule has 1 N–H and O–H groups in total. The Labute approximate surface area is 147 Å². The van der Waals surface area contributed by atoms with E-state index in [-0.39, 0.29) is 49.0 Å². The van der Waals surface area contributed by atoms with Crippen LogP contribution in [0, 0.1) is 26.7 Å². The number of hydrogen-bond donors (Lipinski definition) is 1. The van der Waals surface area contributed by atoms with Gasteiger partial charge in [0, 0.05) is 19.3 Å². The first kappa shape index (κ1) is 19.0. The number of aliphatic carboxylic acids is 1. The SMILES string of the molecule is CCC(=O)C1C(=O)CC(c2c(C)cc(C)c(CC(=O)O)c2C)CC1=O. The van der Waals surface area contributed by atoms with Crippen LogP contribution in [-0.4, -0.2) is 28.4 Å². The molecule has 0 aromatic heterocycles. The molecule has 0 saturated heterocycles. The fourth-order valence-electron chi connectivity index (χ4n) is 4.04.